The van der Waals surface area contributed by atoms with Gasteiger partial charge in [-0.15, -0.1) is 0 Å². The maximum absolute atomic E-state index is 12.4. The van der Waals surface area contributed by atoms with Gasteiger partial charge in [0.25, 0.3) is 0 Å². The molecule has 0 unspecified atom stereocenters. The topological polar surface area (TPSA) is 63.8 Å². The summed E-state index contributed by atoms with van der Waals surface area (Å²) in [6.07, 6.45) is 4.35. The lowest BCUT2D eigenvalue weighted by Crippen LogP contribution is -2.31. The van der Waals surface area contributed by atoms with Gasteiger partial charge in [0.1, 0.15) is 0 Å². The highest BCUT2D eigenvalue weighted by atomic mass is 19.1. The summed E-state index contributed by atoms with van der Waals surface area (Å²) in [6, 6.07) is 0. The van der Waals surface area contributed by atoms with Gasteiger partial charge in [-0.2, -0.15) is 0 Å². The number of rotatable bonds is 3. The monoisotopic (exact) mass is 182 g/mol. The van der Waals surface area contributed by atoms with Gasteiger partial charge in [0.2, 0.25) is 5.95 Å². The van der Waals surface area contributed by atoms with Gasteiger partial charge in [0.15, 0.2) is 5.82 Å². The van der Waals surface area contributed by atoms with Crippen molar-refractivity contribution in [3.63, 3.8) is 0 Å². The summed E-state index contributed by atoms with van der Waals surface area (Å²) in [7, 11) is 0. The molecule has 1 heterocycles. The summed E-state index contributed by atoms with van der Waals surface area (Å²) in [5, 5.41) is 3.09. The SMILES string of the molecule is NCC1(Nc2ncc(F)cn2)CC1. The van der Waals surface area contributed by atoms with Crippen molar-refractivity contribution in [3.05, 3.63) is 18.2 Å². The minimum absolute atomic E-state index is 0.0299. The first-order valence-electron chi connectivity index (χ1n) is 4.20. The summed E-state index contributed by atoms with van der Waals surface area (Å²) in [6.45, 7) is 0.563. The molecule has 0 bridgehead atoms. The Morgan fingerprint density at radius 3 is 2.54 bits per heavy atom. The van der Waals surface area contributed by atoms with Crippen molar-refractivity contribution in [3.8, 4) is 0 Å². The maximum Gasteiger partial charge on any atom is 0.223 e. The molecule has 0 spiro atoms. The van der Waals surface area contributed by atoms with E-state index in [1.165, 1.54) is 0 Å². The number of anilines is 1. The number of nitrogens with zero attached hydrogens (tertiary/aromatic N) is 2. The van der Waals surface area contributed by atoms with Gasteiger partial charge >= 0.3 is 0 Å². The van der Waals surface area contributed by atoms with E-state index in [2.05, 4.69) is 15.3 Å². The molecule has 0 aliphatic heterocycles. The van der Waals surface area contributed by atoms with Crippen LogP contribution in [0.1, 0.15) is 12.8 Å². The van der Waals surface area contributed by atoms with E-state index in [1.807, 2.05) is 0 Å². The number of aromatic nitrogens is 2. The van der Waals surface area contributed by atoms with Crippen LogP contribution in [0.4, 0.5) is 10.3 Å². The van der Waals surface area contributed by atoms with Crippen molar-refractivity contribution >= 4 is 5.95 Å². The molecule has 0 aromatic carbocycles. The molecule has 4 nitrogen and oxygen atoms in total. The Hall–Kier alpha value is -1.23. The van der Waals surface area contributed by atoms with E-state index in [0.717, 1.165) is 25.2 Å². The van der Waals surface area contributed by atoms with Crippen LogP contribution in [0, 0.1) is 5.82 Å². The Bertz CT molecular complexity index is 294. The zero-order valence-electron chi connectivity index (χ0n) is 7.13. The summed E-state index contributed by atoms with van der Waals surface area (Å²) >= 11 is 0. The second kappa shape index (κ2) is 2.92. The van der Waals surface area contributed by atoms with Crippen molar-refractivity contribution in [1.29, 1.82) is 0 Å². The van der Waals surface area contributed by atoms with Crippen LogP contribution in [0.15, 0.2) is 12.4 Å². The number of hydrogen-bond acceptors (Lipinski definition) is 4. The molecule has 1 aromatic heterocycles. The Kier molecular flexibility index (Phi) is 1.88. The van der Waals surface area contributed by atoms with E-state index in [0.29, 0.717) is 12.5 Å². The van der Waals surface area contributed by atoms with Crippen LogP contribution in [0.2, 0.25) is 0 Å². The molecule has 1 saturated carbocycles. The van der Waals surface area contributed by atoms with Gasteiger partial charge in [0.05, 0.1) is 17.9 Å². The van der Waals surface area contributed by atoms with Crippen molar-refractivity contribution < 1.29 is 4.39 Å². The largest absolute Gasteiger partial charge is 0.348 e. The van der Waals surface area contributed by atoms with Crippen LogP contribution >= 0.6 is 0 Å². The molecule has 3 N–H and O–H groups in total. The Morgan fingerprint density at radius 1 is 1.46 bits per heavy atom. The highest BCUT2D eigenvalue weighted by Gasteiger charge is 2.41. The highest BCUT2D eigenvalue weighted by molar-refractivity contribution is 5.33. The van der Waals surface area contributed by atoms with E-state index in [1.54, 1.807) is 0 Å². The van der Waals surface area contributed by atoms with Crippen LogP contribution in [-0.4, -0.2) is 22.1 Å². The van der Waals surface area contributed by atoms with Gasteiger partial charge in [0, 0.05) is 6.54 Å². The van der Waals surface area contributed by atoms with Gasteiger partial charge in [-0.3, -0.25) is 0 Å². The first-order chi connectivity index (χ1) is 6.24. The molecule has 2 rings (SSSR count). The number of hydrogen-bond donors (Lipinski definition) is 2. The number of nitrogens with two attached hydrogens (primary N) is 1. The summed E-state index contributed by atoms with van der Waals surface area (Å²) in [5.41, 5.74) is 5.52. The molecule has 70 valence electrons. The van der Waals surface area contributed by atoms with Gasteiger partial charge in [-0.25, -0.2) is 14.4 Å². The third-order valence-electron chi connectivity index (χ3n) is 2.24. The zero-order valence-corrected chi connectivity index (χ0v) is 7.13. The quantitative estimate of drug-likeness (QED) is 0.715. The third kappa shape index (κ3) is 1.75. The van der Waals surface area contributed by atoms with E-state index >= 15 is 0 Å². The standard InChI is InChI=1S/C8H11FN4/c9-6-3-11-7(12-4-6)13-8(5-10)1-2-8/h3-4H,1-2,5,10H2,(H,11,12,13). The Morgan fingerprint density at radius 2 is 2.08 bits per heavy atom. The molecule has 0 atom stereocenters. The van der Waals surface area contributed by atoms with E-state index < -0.39 is 5.82 Å². The van der Waals surface area contributed by atoms with Crippen LogP contribution in [-0.2, 0) is 0 Å². The van der Waals surface area contributed by atoms with Crippen molar-refractivity contribution in [2.75, 3.05) is 11.9 Å². The second-order valence-corrected chi connectivity index (χ2v) is 3.33. The van der Waals surface area contributed by atoms with Gasteiger partial charge < -0.3 is 11.1 Å². The van der Waals surface area contributed by atoms with Crippen LogP contribution in [0.25, 0.3) is 0 Å². The average molecular weight is 182 g/mol. The molecular weight excluding hydrogens is 171 g/mol. The van der Waals surface area contributed by atoms with Gasteiger partial charge in [-0.1, -0.05) is 0 Å². The maximum atomic E-state index is 12.4. The van der Waals surface area contributed by atoms with Crippen molar-refractivity contribution in [1.82, 2.24) is 9.97 Å². The fourth-order valence-electron chi connectivity index (χ4n) is 1.15. The Balaban J connectivity index is 2.06. The lowest BCUT2D eigenvalue weighted by atomic mass is 10.3. The van der Waals surface area contributed by atoms with E-state index in [9.17, 15) is 4.39 Å². The molecule has 13 heavy (non-hydrogen) atoms. The predicted molar refractivity (Wildman–Crippen MR) is 46.6 cm³/mol. The number of halogens is 1. The molecule has 0 radical (unpaired) electrons. The molecular formula is C8H11FN4. The third-order valence-corrected chi connectivity index (χ3v) is 2.24. The van der Waals surface area contributed by atoms with Gasteiger partial charge in [-0.05, 0) is 12.8 Å². The van der Waals surface area contributed by atoms with Crippen molar-refractivity contribution in [2.24, 2.45) is 5.73 Å². The molecule has 1 fully saturated rings. The first kappa shape index (κ1) is 8.37. The second-order valence-electron chi connectivity index (χ2n) is 3.33. The van der Waals surface area contributed by atoms with Crippen LogP contribution in [0.3, 0.4) is 0 Å². The summed E-state index contributed by atoms with van der Waals surface area (Å²) < 4.78 is 12.4. The zero-order chi connectivity index (χ0) is 9.31. The Labute approximate surface area is 75.4 Å². The van der Waals surface area contributed by atoms with Crippen LogP contribution < -0.4 is 11.1 Å². The fraction of sp³-hybridized carbons (Fsp3) is 0.500. The highest BCUT2D eigenvalue weighted by Crippen LogP contribution is 2.36. The predicted octanol–water partition coefficient (Wildman–Crippen LogP) is 0.519. The summed E-state index contributed by atoms with van der Waals surface area (Å²) in [5.74, 6) is 0.0208. The average Bonchev–Trinajstić information content (AvgIpc) is 2.90. The lowest BCUT2D eigenvalue weighted by molar-refractivity contribution is 0.612. The number of nitrogens with one attached hydrogen (secondary N) is 1. The molecule has 0 saturated heterocycles. The summed E-state index contributed by atoms with van der Waals surface area (Å²) in [4.78, 5) is 7.60. The molecule has 5 heteroatoms. The minimum atomic E-state index is -0.428. The molecule has 1 aromatic rings. The van der Waals surface area contributed by atoms with Crippen LogP contribution in [0.5, 0.6) is 0 Å². The first-order valence-corrected chi connectivity index (χ1v) is 4.20. The molecule has 1 aliphatic rings. The molecule has 0 amide bonds. The smallest absolute Gasteiger partial charge is 0.223 e. The van der Waals surface area contributed by atoms with Crippen molar-refractivity contribution in [2.45, 2.75) is 18.4 Å². The van der Waals surface area contributed by atoms with E-state index in [-0.39, 0.29) is 5.54 Å². The normalized spacial score (nSPS) is 18.3. The van der Waals surface area contributed by atoms with E-state index in [4.69, 9.17) is 5.73 Å². The minimum Gasteiger partial charge on any atom is -0.348 e. The lowest BCUT2D eigenvalue weighted by Gasteiger charge is -2.13. The fourth-order valence-corrected chi connectivity index (χ4v) is 1.15. The molecule has 1 aliphatic carbocycles.